The third-order valence-corrected chi connectivity index (χ3v) is 3.61. The number of rotatable bonds is 1. The molecule has 0 saturated carbocycles. The minimum absolute atomic E-state index is 0.142. The molecule has 1 saturated heterocycles. The molecular formula is C13H15ClF2N2O. The first-order chi connectivity index (χ1) is 8.97. The molecule has 1 N–H and O–H groups in total. The number of carbonyl (C=O) groups excluding carboxylic acids is 1. The highest BCUT2D eigenvalue weighted by Gasteiger charge is 2.22. The zero-order valence-corrected chi connectivity index (χ0v) is 11.3. The predicted octanol–water partition coefficient (Wildman–Crippen LogP) is 3.88. The third kappa shape index (κ3) is 3.35. The zero-order chi connectivity index (χ0) is 14.0. The van der Waals surface area contributed by atoms with E-state index >= 15 is 0 Å². The normalized spacial score (nSPS) is 16.5. The Bertz CT molecular complexity index is 465. The molecule has 3 nitrogen and oxygen atoms in total. The van der Waals surface area contributed by atoms with Crippen molar-refractivity contribution in [1.82, 2.24) is 4.90 Å². The summed E-state index contributed by atoms with van der Waals surface area (Å²) in [5, 5.41) is 2.26. The number of urea groups is 1. The summed E-state index contributed by atoms with van der Waals surface area (Å²) in [6.45, 7) is 3.40. The van der Waals surface area contributed by atoms with E-state index in [0.29, 0.717) is 25.1 Å². The van der Waals surface area contributed by atoms with Gasteiger partial charge < -0.3 is 10.2 Å². The van der Waals surface area contributed by atoms with Gasteiger partial charge in [0.25, 0.3) is 0 Å². The maximum atomic E-state index is 13.5. The van der Waals surface area contributed by atoms with E-state index in [4.69, 9.17) is 11.6 Å². The molecule has 1 aliphatic heterocycles. The molecule has 0 radical (unpaired) electrons. The van der Waals surface area contributed by atoms with Gasteiger partial charge in [-0.3, -0.25) is 0 Å². The average Bonchev–Trinajstić information content (AvgIpc) is 2.34. The van der Waals surface area contributed by atoms with Crippen LogP contribution in [0.4, 0.5) is 19.3 Å². The molecule has 1 heterocycles. The molecule has 6 heteroatoms. The Morgan fingerprint density at radius 3 is 2.58 bits per heavy atom. The van der Waals surface area contributed by atoms with Gasteiger partial charge in [0.05, 0.1) is 10.7 Å². The molecule has 0 unspecified atom stereocenters. The fourth-order valence-electron chi connectivity index (χ4n) is 2.06. The van der Waals surface area contributed by atoms with Gasteiger partial charge in [-0.25, -0.2) is 13.6 Å². The molecule has 0 spiro atoms. The van der Waals surface area contributed by atoms with Crippen LogP contribution in [0.1, 0.15) is 19.8 Å². The number of hydrogen-bond acceptors (Lipinski definition) is 1. The van der Waals surface area contributed by atoms with Gasteiger partial charge in [0, 0.05) is 19.2 Å². The highest BCUT2D eigenvalue weighted by molar-refractivity contribution is 6.33. The molecule has 2 amide bonds. The summed E-state index contributed by atoms with van der Waals surface area (Å²) in [6, 6.07) is 1.26. The van der Waals surface area contributed by atoms with Crippen molar-refractivity contribution in [2.75, 3.05) is 18.4 Å². The Balaban J connectivity index is 2.07. The van der Waals surface area contributed by atoms with Gasteiger partial charge in [-0.05, 0) is 24.8 Å². The van der Waals surface area contributed by atoms with Crippen LogP contribution in [0, 0.1) is 17.6 Å². The van der Waals surface area contributed by atoms with E-state index in [1.54, 1.807) is 4.90 Å². The smallest absolute Gasteiger partial charge is 0.321 e. The Morgan fingerprint density at radius 2 is 2.00 bits per heavy atom. The van der Waals surface area contributed by atoms with Crippen molar-refractivity contribution >= 4 is 23.3 Å². The topological polar surface area (TPSA) is 32.3 Å². The Kier molecular flexibility index (Phi) is 4.24. The maximum absolute atomic E-state index is 13.5. The van der Waals surface area contributed by atoms with Crippen LogP contribution in [0.2, 0.25) is 5.02 Å². The highest BCUT2D eigenvalue weighted by Crippen LogP contribution is 2.27. The largest absolute Gasteiger partial charge is 0.325 e. The van der Waals surface area contributed by atoms with Crippen LogP contribution in [0.25, 0.3) is 0 Å². The molecule has 19 heavy (non-hydrogen) atoms. The fraction of sp³-hybridized carbons (Fsp3) is 0.462. The minimum Gasteiger partial charge on any atom is -0.325 e. The summed E-state index contributed by atoms with van der Waals surface area (Å²) < 4.78 is 26.4. The SMILES string of the molecule is CC1CCN(C(=O)Nc2c(F)cc(F)cc2Cl)CC1. The lowest BCUT2D eigenvalue weighted by molar-refractivity contribution is 0.186. The van der Waals surface area contributed by atoms with Gasteiger partial charge in [0.15, 0.2) is 5.82 Å². The van der Waals surface area contributed by atoms with Crippen molar-refractivity contribution < 1.29 is 13.6 Å². The summed E-state index contributed by atoms with van der Waals surface area (Å²) in [7, 11) is 0. The number of halogens is 3. The van der Waals surface area contributed by atoms with Gasteiger partial charge >= 0.3 is 6.03 Å². The Labute approximate surface area is 115 Å². The van der Waals surface area contributed by atoms with E-state index in [1.165, 1.54) is 0 Å². The molecule has 1 aromatic rings. The zero-order valence-electron chi connectivity index (χ0n) is 10.5. The number of benzene rings is 1. The monoisotopic (exact) mass is 288 g/mol. The first kappa shape index (κ1) is 14.1. The van der Waals surface area contributed by atoms with E-state index in [9.17, 15) is 13.6 Å². The Hall–Kier alpha value is -1.36. The van der Waals surface area contributed by atoms with Crippen molar-refractivity contribution in [3.8, 4) is 0 Å². The van der Waals surface area contributed by atoms with Crippen molar-refractivity contribution in [1.29, 1.82) is 0 Å². The molecule has 1 aromatic carbocycles. The number of nitrogens with one attached hydrogen (secondary N) is 1. The van der Waals surface area contributed by atoms with Gasteiger partial charge in [-0.2, -0.15) is 0 Å². The number of carbonyl (C=O) groups is 1. The van der Waals surface area contributed by atoms with Crippen LogP contribution < -0.4 is 5.32 Å². The van der Waals surface area contributed by atoms with Gasteiger partial charge in [-0.1, -0.05) is 18.5 Å². The lowest BCUT2D eigenvalue weighted by Gasteiger charge is -2.30. The van der Waals surface area contributed by atoms with Crippen LogP contribution >= 0.6 is 11.6 Å². The quantitative estimate of drug-likeness (QED) is 0.835. The van der Waals surface area contributed by atoms with Crippen molar-refractivity contribution in [3.63, 3.8) is 0 Å². The van der Waals surface area contributed by atoms with Gasteiger partial charge in [-0.15, -0.1) is 0 Å². The number of anilines is 1. The van der Waals surface area contributed by atoms with E-state index in [2.05, 4.69) is 12.2 Å². The first-order valence-corrected chi connectivity index (χ1v) is 6.55. The summed E-state index contributed by atoms with van der Waals surface area (Å²) >= 11 is 5.73. The van der Waals surface area contributed by atoms with Crippen LogP contribution in [-0.2, 0) is 0 Å². The number of likely N-dealkylation sites (tertiary alicyclic amines) is 1. The molecule has 1 fully saturated rings. The average molecular weight is 289 g/mol. The molecule has 0 aromatic heterocycles. The van der Waals surface area contributed by atoms with Crippen LogP contribution in [0.3, 0.4) is 0 Å². The number of nitrogens with zero attached hydrogens (tertiary/aromatic N) is 1. The summed E-state index contributed by atoms with van der Waals surface area (Å²) in [5.74, 6) is -1.05. The molecule has 1 aliphatic rings. The number of amides is 2. The summed E-state index contributed by atoms with van der Waals surface area (Å²) in [4.78, 5) is 13.6. The molecule has 2 rings (SSSR count). The van der Waals surface area contributed by atoms with Gasteiger partial charge in [0.2, 0.25) is 0 Å². The van der Waals surface area contributed by atoms with E-state index < -0.39 is 17.7 Å². The van der Waals surface area contributed by atoms with Crippen LogP contribution in [0.5, 0.6) is 0 Å². The lowest BCUT2D eigenvalue weighted by atomic mass is 10.00. The van der Waals surface area contributed by atoms with E-state index in [-0.39, 0.29) is 10.7 Å². The highest BCUT2D eigenvalue weighted by atomic mass is 35.5. The number of hydrogen-bond donors (Lipinski definition) is 1. The first-order valence-electron chi connectivity index (χ1n) is 6.18. The fourth-order valence-corrected chi connectivity index (χ4v) is 2.30. The second-order valence-corrected chi connectivity index (χ2v) is 5.25. The number of piperidine rings is 1. The summed E-state index contributed by atoms with van der Waals surface area (Å²) in [6.07, 6.45) is 1.85. The van der Waals surface area contributed by atoms with E-state index in [0.717, 1.165) is 18.9 Å². The second kappa shape index (κ2) is 5.74. The Morgan fingerprint density at radius 1 is 1.37 bits per heavy atom. The molecule has 0 aliphatic carbocycles. The predicted molar refractivity (Wildman–Crippen MR) is 70.4 cm³/mol. The minimum atomic E-state index is -0.872. The lowest BCUT2D eigenvalue weighted by Crippen LogP contribution is -2.40. The van der Waals surface area contributed by atoms with Gasteiger partial charge in [0.1, 0.15) is 5.82 Å². The molecule has 104 valence electrons. The van der Waals surface area contributed by atoms with E-state index in [1.807, 2.05) is 0 Å². The maximum Gasteiger partial charge on any atom is 0.321 e. The molecule has 0 bridgehead atoms. The van der Waals surface area contributed by atoms with Crippen molar-refractivity contribution in [2.24, 2.45) is 5.92 Å². The van der Waals surface area contributed by atoms with Crippen molar-refractivity contribution in [2.45, 2.75) is 19.8 Å². The van der Waals surface area contributed by atoms with Crippen molar-refractivity contribution in [3.05, 3.63) is 28.8 Å². The third-order valence-electron chi connectivity index (χ3n) is 3.31. The summed E-state index contributed by atoms with van der Waals surface area (Å²) in [5.41, 5.74) is -0.174. The van der Waals surface area contributed by atoms with Crippen LogP contribution in [-0.4, -0.2) is 24.0 Å². The molecule has 0 atom stereocenters. The second-order valence-electron chi connectivity index (χ2n) is 4.84. The van der Waals surface area contributed by atoms with Crippen LogP contribution in [0.15, 0.2) is 12.1 Å². The molecular weight excluding hydrogens is 274 g/mol. The standard InChI is InChI=1S/C13H15ClF2N2O/c1-8-2-4-18(5-3-8)13(19)17-12-10(14)6-9(15)7-11(12)16/h6-8H,2-5H2,1H3,(H,17,19).